The fourth-order valence-electron chi connectivity index (χ4n) is 1.59. The minimum atomic E-state index is -0.711. The van der Waals surface area contributed by atoms with Gasteiger partial charge in [-0.25, -0.2) is 0 Å². The summed E-state index contributed by atoms with van der Waals surface area (Å²) < 4.78 is 0. The van der Waals surface area contributed by atoms with Crippen molar-refractivity contribution in [1.29, 1.82) is 0 Å². The second-order valence-corrected chi connectivity index (χ2v) is 4.99. The van der Waals surface area contributed by atoms with Gasteiger partial charge in [-0.15, -0.1) is 0 Å². The fraction of sp³-hybridized carbons (Fsp3) is 0.417. The van der Waals surface area contributed by atoms with Crippen molar-refractivity contribution < 1.29 is 14.8 Å². The summed E-state index contributed by atoms with van der Waals surface area (Å²) in [6.45, 7) is 1.98. The minimum absolute atomic E-state index is 0.0230. The molecule has 1 aromatic rings. The largest absolute Gasteiger partial charge is 0.391 e. The van der Waals surface area contributed by atoms with E-state index >= 15 is 0 Å². The van der Waals surface area contributed by atoms with Crippen LogP contribution in [0.25, 0.3) is 0 Å². The maximum atomic E-state index is 11.8. The van der Waals surface area contributed by atoms with Crippen LogP contribution >= 0.6 is 23.2 Å². The zero-order valence-electron chi connectivity index (χ0n) is 10.7. The van der Waals surface area contributed by atoms with E-state index in [1.165, 1.54) is 6.07 Å². The lowest BCUT2D eigenvalue weighted by Crippen LogP contribution is -2.32. The Labute approximate surface area is 125 Å². The predicted octanol–water partition coefficient (Wildman–Crippen LogP) is 2.79. The smallest absolute Gasteiger partial charge is 0.290 e. The topological polar surface area (TPSA) is 92.5 Å². The van der Waals surface area contributed by atoms with Gasteiger partial charge in [0, 0.05) is 18.2 Å². The number of halogens is 2. The second-order valence-electron chi connectivity index (χ2n) is 4.20. The van der Waals surface area contributed by atoms with Crippen LogP contribution in [0, 0.1) is 10.1 Å². The van der Waals surface area contributed by atoms with Crippen LogP contribution < -0.4 is 5.32 Å². The molecule has 110 valence electrons. The maximum Gasteiger partial charge on any atom is 0.290 e. The molecule has 8 heteroatoms. The third kappa shape index (κ3) is 4.33. The number of nitrogens with zero attached hydrogens (tertiary/aromatic N) is 1. The minimum Gasteiger partial charge on any atom is -0.391 e. The lowest BCUT2D eigenvalue weighted by molar-refractivity contribution is -0.384. The first-order valence-electron chi connectivity index (χ1n) is 5.96. The molecular weight excluding hydrogens is 307 g/mol. The number of nitrogens with one attached hydrogen (secondary N) is 1. The Morgan fingerprint density at radius 1 is 1.50 bits per heavy atom. The Morgan fingerprint density at radius 3 is 2.70 bits per heavy atom. The van der Waals surface area contributed by atoms with Gasteiger partial charge in [0.25, 0.3) is 11.6 Å². The number of carbonyl (C=O) groups excluding carboxylic acids is 1. The predicted molar refractivity (Wildman–Crippen MR) is 76.4 cm³/mol. The lowest BCUT2D eigenvalue weighted by atomic mass is 10.1. The van der Waals surface area contributed by atoms with Crippen molar-refractivity contribution in [2.24, 2.45) is 0 Å². The molecule has 0 aliphatic carbocycles. The monoisotopic (exact) mass is 320 g/mol. The van der Waals surface area contributed by atoms with Gasteiger partial charge in [-0.2, -0.15) is 0 Å². The number of carbonyl (C=O) groups is 1. The van der Waals surface area contributed by atoms with Crippen LogP contribution in [0.4, 0.5) is 5.69 Å². The van der Waals surface area contributed by atoms with E-state index in [0.29, 0.717) is 6.42 Å². The van der Waals surface area contributed by atoms with Gasteiger partial charge in [-0.3, -0.25) is 14.9 Å². The van der Waals surface area contributed by atoms with Crippen LogP contribution in [0.1, 0.15) is 30.1 Å². The van der Waals surface area contributed by atoms with E-state index in [9.17, 15) is 20.0 Å². The van der Waals surface area contributed by atoms with Gasteiger partial charge in [0.15, 0.2) is 0 Å². The number of nitro benzene ring substituents is 1. The molecule has 1 unspecified atom stereocenters. The summed E-state index contributed by atoms with van der Waals surface area (Å²) in [6, 6.07) is 2.30. The zero-order chi connectivity index (χ0) is 15.3. The molecule has 1 aromatic carbocycles. The highest BCUT2D eigenvalue weighted by Crippen LogP contribution is 2.32. The number of aliphatic hydroxyl groups is 1. The van der Waals surface area contributed by atoms with Crippen LogP contribution in [-0.4, -0.2) is 28.6 Å². The quantitative estimate of drug-likeness (QED) is 0.622. The van der Waals surface area contributed by atoms with E-state index in [-0.39, 0.29) is 22.2 Å². The van der Waals surface area contributed by atoms with Gasteiger partial charge in [-0.1, -0.05) is 36.5 Å². The Hall–Kier alpha value is -1.37. The van der Waals surface area contributed by atoms with Crippen LogP contribution in [0.15, 0.2) is 12.1 Å². The molecule has 0 aliphatic rings. The van der Waals surface area contributed by atoms with Crippen molar-refractivity contribution in [2.45, 2.75) is 25.9 Å². The van der Waals surface area contributed by atoms with Gasteiger partial charge >= 0.3 is 0 Å². The van der Waals surface area contributed by atoms with Crippen LogP contribution in [0.5, 0.6) is 0 Å². The van der Waals surface area contributed by atoms with E-state index in [4.69, 9.17) is 23.2 Å². The molecule has 0 aliphatic heterocycles. The molecule has 20 heavy (non-hydrogen) atoms. The van der Waals surface area contributed by atoms with E-state index in [1.54, 1.807) is 0 Å². The first-order valence-corrected chi connectivity index (χ1v) is 6.72. The van der Waals surface area contributed by atoms with Crippen molar-refractivity contribution >= 4 is 34.8 Å². The van der Waals surface area contributed by atoms with E-state index in [2.05, 4.69) is 5.32 Å². The number of aliphatic hydroxyl groups excluding tert-OH is 1. The van der Waals surface area contributed by atoms with Gasteiger partial charge in [-0.05, 0) is 12.5 Å². The highest BCUT2D eigenvalue weighted by molar-refractivity contribution is 6.43. The molecule has 0 heterocycles. The molecule has 0 bridgehead atoms. The van der Waals surface area contributed by atoms with Crippen LogP contribution in [0.2, 0.25) is 10.0 Å². The molecule has 1 amide bonds. The number of rotatable bonds is 6. The molecule has 2 N–H and O–H groups in total. The molecule has 0 saturated carbocycles. The summed E-state index contributed by atoms with van der Waals surface area (Å²) in [6.07, 6.45) is 0.693. The first kappa shape index (κ1) is 16.7. The Kier molecular flexibility index (Phi) is 6.19. The highest BCUT2D eigenvalue weighted by atomic mass is 35.5. The summed E-state index contributed by atoms with van der Waals surface area (Å²) >= 11 is 11.4. The summed E-state index contributed by atoms with van der Waals surface area (Å²) in [5.41, 5.74) is -0.409. The third-order valence-electron chi connectivity index (χ3n) is 2.59. The fourth-order valence-corrected chi connectivity index (χ4v) is 1.98. The Balaban J connectivity index is 2.86. The summed E-state index contributed by atoms with van der Waals surface area (Å²) in [5.74, 6) is -0.554. The second kappa shape index (κ2) is 7.42. The van der Waals surface area contributed by atoms with Gasteiger partial charge < -0.3 is 10.4 Å². The Morgan fingerprint density at radius 2 is 2.15 bits per heavy atom. The number of hydrogen-bond donors (Lipinski definition) is 2. The molecule has 0 aromatic heterocycles. The molecule has 0 spiro atoms. The molecule has 1 atom stereocenters. The van der Waals surface area contributed by atoms with Gasteiger partial charge in [0.2, 0.25) is 0 Å². The van der Waals surface area contributed by atoms with E-state index in [0.717, 1.165) is 12.5 Å². The third-order valence-corrected chi connectivity index (χ3v) is 3.38. The lowest BCUT2D eigenvalue weighted by Gasteiger charge is -2.11. The summed E-state index contributed by atoms with van der Waals surface area (Å²) in [5, 5.41) is 22.5. The van der Waals surface area contributed by atoms with E-state index < -0.39 is 22.6 Å². The van der Waals surface area contributed by atoms with Crippen LogP contribution in [-0.2, 0) is 0 Å². The zero-order valence-corrected chi connectivity index (χ0v) is 12.2. The number of hydrogen-bond acceptors (Lipinski definition) is 4. The average Bonchev–Trinajstić information content (AvgIpc) is 2.38. The highest BCUT2D eigenvalue weighted by Gasteiger charge is 2.20. The Bertz CT molecular complexity index is 522. The molecule has 0 fully saturated rings. The van der Waals surface area contributed by atoms with Gasteiger partial charge in [0.1, 0.15) is 5.02 Å². The van der Waals surface area contributed by atoms with Gasteiger partial charge in [0.05, 0.1) is 16.0 Å². The maximum absolute atomic E-state index is 11.8. The molecule has 0 radical (unpaired) electrons. The average molecular weight is 321 g/mol. The number of nitro groups is 1. The molecular formula is C12H14Cl2N2O4. The molecule has 6 nitrogen and oxygen atoms in total. The summed E-state index contributed by atoms with van der Waals surface area (Å²) in [4.78, 5) is 21.9. The molecule has 0 saturated heterocycles. The standard InChI is InChI=1S/C12H14Cl2N2O4/c1-2-3-8(17)6-15-12(18)7-4-9(13)11(14)10(5-7)16(19)20/h4-5,8,17H,2-3,6H2,1H3,(H,15,18). The normalized spacial score (nSPS) is 12.0. The van der Waals surface area contributed by atoms with Crippen molar-refractivity contribution in [1.82, 2.24) is 5.32 Å². The SMILES string of the molecule is CCCC(O)CNC(=O)c1cc(Cl)c(Cl)c([N+](=O)[O-])c1. The molecule has 1 rings (SSSR count). The van der Waals surface area contributed by atoms with Crippen molar-refractivity contribution in [3.8, 4) is 0 Å². The van der Waals surface area contributed by atoms with E-state index in [1.807, 2.05) is 6.92 Å². The number of amides is 1. The van der Waals surface area contributed by atoms with Crippen molar-refractivity contribution in [3.63, 3.8) is 0 Å². The van der Waals surface area contributed by atoms with Crippen molar-refractivity contribution in [3.05, 3.63) is 37.9 Å². The first-order chi connectivity index (χ1) is 9.36. The van der Waals surface area contributed by atoms with Crippen molar-refractivity contribution in [2.75, 3.05) is 6.54 Å². The van der Waals surface area contributed by atoms with Crippen LogP contribution in [0.3, 0.4) is 0 Å². The number of benzene rings is 1. The summed E-state index contributed by atoms with van der Waals surface area (Å²) in [7, 11) is 0.